The number of carbonyl (C=O) groups is 2. The summed E-state index contributed by atoms with van der Waals surface area (Å²) in [6, 6.07) is 17.7. The summed E-state index contributed by atoms with van der Waals surface area (Å²) in [5.41, 5.74) is 3.57. The van der Waals surface area contributed by atoms with Crippen LogP contribution in [-0.2, 0) is 17.6 Å². The van der Waals surface area contributed by atoms with Gasteiger partial charge in [-0.25, -0.2) is 4.68 Å². The van der Waals surface area contributed by atoms with Gasteiger partial charge in [-0.15, -0.1) is 0 Å². The van der Waals surface area contributed by atoms with Crippen LogP contribution in [0.25, 0.3) is 5.69 Å². The quantitative estimate of drug-likeness (QED) is 0.521. The molecule has 0 spiro atoms. The molecule has 0 atom stereocenters. The summed E-state index contributed by atoms with van der Waals surface area (Å²) in [5.74, 6) is 0.136. The molecule has 4 rings (SSSR count). The number of aryl methyl sites for hydroxylation is 1. The van der Waals surface area contributed by atoms with Crippen molar-refractivity contribution in [3.8, 4) is 5.69 Å². The molecule has 2 heterocycles. The van der Waals surface area contributed by atoms with Crippen molar-refractivity contribution in [2.45, 2.75) is 32.6 Å². The summed E-state index contributed by atoms with van der Waals surface area (Å²) in [6.07, 6.45) is 4.60. The van der Waals surface area contributed by atoms with Gasteiger partial charge < -0.3 is 9.80 Å². The summed E-state index contributed by atoms with van der Waals surface area (Å²) in [7, 11) is 0. The summed E-state index contributed by atoms with van der Waals surface area (Å²) >= 11 is 6.13. The minimum Gasteiger partial charge on any atom is -0.339 e. The summed E-state index contributed by atoms with van der Waals surface area (Å²) in [6.45, 7) is 4.23. The largest absolute Gasteiger partial charge is 0.339 e. The highest BCUT2D eigenvalue weighted by molar-refractivity contribution is 6.30. The molecule has 0 bridgehead atoms. The van der Waals surface area contributed by atoms with Crippen LogP contribution in [0.1, 0.15) is 41.4 Å². The number of hydrogen-bond acceptors (Lipinski definition) is 3. The number of rotatable bonds is 7. The van der Waals surface area contributed by atoms with Crippen molar-refractivity contribution in [3.63, 3.8) is 0 Å². The summed E-state index contributed by atoms with van der Waals surface area (Å²) in [5, 5.41) is 5.09. The van der Waals surface area contributed by atoms with Crippen LogP contribution < -0.4 is 0 Å². The number of hydrogen-bond donors (Lipinski definition) is 0. The third-order valence-electron chi connectivity index (χ3n) is 6.11. The predicted octanol–water partition coefficient (Wildman–Crippen LogP) is 4.40. The Morgan fingerprint density at radius 3 is 2.39 bits per heavy atom. The minimum absolute atomic E-state index is 0.0312. The molecule has 33 heavy (non-hydrogen) atoms. The zero-order chi connectivity index (χ0) is 23.2. The molecule has 1 aliphatic heterocycles. The molecule has 0 radical (unpaired) electrons. The lowest BCUT2D eigenvalue weighted by molar-refractivity contribution is -0.132. The molecule has 0 saturated carbocycles. The molecule has 1 aliphatic rings. The van der Waals surface area contributed by atoms with Crippen molar-refractivity contribution in [1.82, 2.24) is 19.6 Å². The monoisotopic (exact) mass is 464 g/mol. The standard InChI is InChI=1S/C26H29ClN4O2/c1-2-24-23(19-28-31(24)22-12-7-11-21(27)18-22)26(33)30-16-14-29(15-17-30)25(32)13-6-10-20-8-4-3-5-9-20/h3-5,7-9,11-12,18-19H,2,6,10,13-17H2,1H3. The molecule has 172 valence electrons. The lowest BCUT2D eigenvalue weighted by atomic mass is 10.1. The Morgan fingerprint density at radius 2 is 1.70 bits per heavy atom. The van der Waals surface area contributed by atoms with Gasteiger partial charge in [-0.2, -0.15) is 5.10 Å². The van der Waals surface area contributed by atoms with Crippen LogP contribution in [0, 0.1) is 0 Å². The van der Waals surface area contributed by atoms with Gasteiger partial charge in [0.05, 0.1) is 23.1 Å². The van der Waals surface area contributed by atoms with Gasteiger partial charge in [-0.1, -0.05) is 54.9 Å². The van der Waals surface area contributed by atoms with E-state index in [0.29, 0.717) is 49.6 Å². The van der Waals surface area contributed by atoms with Crippen molar-refractivity contribution in [1.29, 1.82) is 0 Å². The number of amides is 2. The number of halogens is 1. The van der Waals surface area contributed by atoms with E-state index in [9.17, 15) is 9.59 Å². The average Bonchev–Trinajstić information content (AvgIpc) is 3.28. The van der Waals surface area contributed by atoms with E-state index in [1.165, 1.54) is 5.56 Å². The van der Waals surface area contributed by atoms with Crippen molar-refractivity contribution in [3.05, 3.63) is 82.6 Å². The molecule has 1 fully saturated rings. The maximum absolute atomic E-state index is 13.2. The van der Waals surface area contributed by atoms with Gasteiger partial charge in [-0.05, 0) is 43.0 Å². The molecule has 1 aromatic heterocycles. The third kappa shape index (κ3) is 5.45. The first-order chi connectivity index (χ1) is 16.1. The van der Waals surface area contributed by atoms with Gasteiger partial charge in [0.2, 0.25) is 5.91 Å². The van der Waals surface area contributed by atoms with E-state index in [-0.39, 0.29) is 11.8 Å². The van der Waals surface area contributed by atoms with Crippen LogP contribution in [0.4, 0.5) is 0 Å². The molecule has 7 heteroatoms. The Bertz CT molecular complexity index is 1100. The first-order valence-corrected chi connectivity index (χ1v) is 11.9. The van der Waals surface area contributed by atoms with Crippen LogP contribution in [0.5, 0.6) is 0 Å². The van der Waals surface area contributed by atoms with Crippen LogP contribution >= 0.6 is 11.6 Å². The number of benzene rings is 2. The van der Waals surface area contributed by atoms with Gasteiger partial charge in [0.1, 0.15) is 0 Å². The van der Waals surface area contributed by atoms with E-state index in [4.69, 9.17) is 11.6 Å². The third-order valence-corrected chi connectivity index (χ3v) is 6.34. The lowest BCUT2D eigenvalue weighted by Crippen LogP contribution is -2.50. The van der Waals surface area contributed by atoms with E-state index < -0.39 is 0 Å². The molecule has 3 aromatic rings. The van der Waals surface area contributed by atoms with Gasteiger partial charge >= 0.3 is 0 Å². The Balaban J connectivity index is 1.33. The zero-order valence-electron chi connectivity index (χ0n) is 18.9. The smallest absolute Gasteiger partial charge is 0.257 e. The molecule has 6 nitrogen and oxygen atoms in total. The van der Waals surface area contributed by atoms with Crippen molar-refractivity contribution >= 4 is 23.4 Å². The normalized spacial score (nSPS) is 13.9. The van der Waals surface area contributed by atoms with Crippen molar-refractivity contribution in [2.75, 3.05) is 26.2 Å². The fraction of sp³-hybridized carbons (Fsp3) is 0.346. The SMILES string of the molecule is CCc1c(C(=O)N2CCN(C(=O)CCCc3ccccc3)CC2)cnn1-c1cccc(Cl)c1. The van der Waals surface area contributed by atoms with Crippen LogP contribution in [0.15, 0.2) is 60.8 Å². The van der Waals surface area contributed by atoms with E-state index in [1.807, 2.05) is 59.2 Å². The highest BCUT2D eigenvalue weighted by Crippen LogP contribution is 2.21. The summed E-state index contributed by atoms with van der Waals surface area (Å²) < 4.78 is 1.78. The number of piperazine rings is 1. The van der Waals surface area contributed by atoms with E-state index in [1.54, 1.807) is 10.9 Å². The molecule has 0 unspecified atom stereocenters. The molecule has 0 N–H and O–H groups in total. The van der Waals surface area contributed by atoms with Gasteiger partial charge in [0.15, 0.2) is 0 Å². The van der Waals surface area contributed by atoms with Gasteiger partial charge in [-0.3, -0.25) is 9.59 Å². The van der Waals surface area contributed by atoms with Gasteiger partial charge in [0, 0.05) is 37.6 Å². The Labute approximate surface area is 199 Å². The Kier molecular flexibility index (Phi) is 7.45. The summed E-state index contributed by atoms with van der Waals surface area (Å²) in [4.78, 5) is 29.6. The van der Waals surface area contributed by atoms with Crippen molar-refractivity contribution < 1.29 is 9.59 Å². The molecule has 2 amide bonds. The fourth-order valence-electron chi connectivity index (χ4n) is 4.30. The Morgan fingerprint density at radius 1 is 0.970 bits per heavy atom. The number of aromatic nitrogens is 2. The first kappa shape index (κ1) is 23.1. The lowest BCUT2D eigenvalue weighted by Gasteiger charge is -2.35. The minimum atomic E-state index is -0.0312. The van der Waals surface area contributed by atoms with E-state index >= 15 is 0 Å². The first-order valence-electron chi connectivity index (χ1n) is 11.5. The Hall–Kier alpha value is -3.12. The number of nitrogens with zero attached hydrogens (tertiary/aromatic N) is 4. The predicted molar refractivity (Wildman–Crippen MR) is 130 cm³/mol. The molecular formula is C26H29ClN4O2. The van der Waals surface area contributed by atoms with E-state index in [0.717, 1.165) is 24.2 Å². The maximum atomic E-state index is 13.2. The van der Waals surface area contributed by atoms with Crippen LogP contribution in [0.2, 0.25) is 5.02 Å². The van der Waals surface area contributed by atoms with Crippen LogP contribution in [0.3, 0.4) is 0 Å². The van der Waals surface area contributed by atoms with Crippen molar-refractivity contribution in [2.24, 2.45) is 0 Å². The second-order valence-corrected chi connectivity index (χ2v) is 8.70. The fourth-order valence-corrected chi connectivity index (χ4v) is 4.48. The highest BCUT2D eigenvalue weighted by atomic mass is 35.5. The van der Waals surface area contributed by atoms with E-state index in [2.05, 4.69) is 17.2 Å². The highest BCUT2D eigenvalue weighted by Gasteiger charge is 2.27. The second-order valence-electron chi connectivity index (χ2n) is 8.26. The van der Waals surface area contributed by atoms with Gasteiger partial charge in [0.25, 0.3) is 5.91 Å². The zero-order valence-corrected chi connectivity index (χ0v) is 19.7. The number of carbonyl (C=O) groups excluding carboxylic acids is 2. The average molecular weight is 465 g/mol. The molecule has 2 aromatic carbocycles. The second kappa shape index (κ2) is 10.7. The topological polar surface area (TPSA) is 58.4 Å². The maximum Gasteiger partial charge on any atom is 0.257 e. The molecule has 0 aliphatic carbocycles. The molecule has 1 saturated heterocycles. The van der Waals surface area contributed by atoms with Crippen LogP contribution in [-0.4, -0.2) is 57.6 Å². The molecular weight excluding hydrogens is 436 g/mol.